The largest absolute Gasteiger partial charge is 0.366 e. The molecule has 3 rings (SSSR count). The molecule has 1 unspecified atom stereocenters. The lowest BCUT2D eigenvalue weighted by Crippen LogP contribution is -2.09. The predicted molar refractivity (Wildman–Crippen MR) is 72.8 cm³/mol. The molecule has 0 aliphatic heterocycles. The Kier molecular flexibility index (Phi) is 3.07. The van der Waals surface area contributed by atoms with E-state index in [0.29, 0.717) is 12.3 Å². The molecule has 3 aromatic heterocycles. The highest BCUT2D eigenvalue weighted by molar-refractivity contribution is 5.61. The van der Waals surface area contributed by atoms with Crippen molar-refractivity contribution < 1.29 is 4.74 Å². The van der Waals surface area contributed by atoms with Crippen molar-refractivity contribution in [1.82, 2.24) is 29.4 Å². The summed E-state index contributed by atoms with van der Waals surface area (Å²) in [6, 6.07) is 1.82. The van der Waals surface area contributed by atoms with E-state index in [0.717, 1.165) is 11.3 Å². The fraction of sp³-hybridized carbons (Fsp3) is 0.333. The number of aromatic nitrogens is 6. The van der Waals surface area contributed by atoms with Crippen molar-refractivity contribution in [3.05, 3.63) is 24.8 Å². The molecular weight excluding hydrogens is 258 g/mol. The van der Waals surface area contributed by atoms with Gasteiger partial charge in [-0.15, -0.1) is 5.10 Å². The first kappa shape index (κ1) is 12.5. The molecule has 0 bridgehead atoms. The summed E-state index contributed by atoms with van der Waals surface area (Å²) in [6.45, 7) is 4.53. The first-order valence-electron chi connectivity index (χ1n) is 6.31. The zero-order valence-corrected chi connectivity index (χ0v) is 11.3. The zero-order valence-electron chi connectivity index (χ0n) is 11.3. The molecule has 0 radical (unpaired) electrons. The molecule has 0 aliphatic rings. The third-order valence-corrected chi connectivity index (χ3v) is 2.92. The Morgan fingerprint density at radius 3 is 3.10 bits per heavy atom. The molecule has 104 valence electrons. The van der Waals surface area contributed by atoms with Crippen LogP contribution in [0.15, 0.2) is 24.8 Å². The van der Waals surface area contributed by atoms with Gasteiger partial charge in [0.2, 0.25) is 5.95 Å². The second-order valence-corrected chi connectivity index (χ2v) is 4.31. The van der Waals surface area contributed by atoms with Crippen LogP contribution in [0.3, 0.4) is 0 Å². The van der Waals surface area contributed by atoms with Crippen LogP contribution in [-0.2, 0) is 4.74 Å². The minimum absolute atomic E-state index is 0.110. The second kappa shape index (κ2) is 4.89. The van der Waals surface area contributed by atoms with Crippen LogP contribution in [0, 0.1) is 0 Å². The van der Waals surface area contributed by atoms with E-state index in [1.54, 1.807) is 17.2 Å². The molecule has 2 N–H and O–H groups in total. The molecule has 0 aliphatic carbocycles. The van der Waals surface area contributed by atoms with Crippen molar-refractivity contribution in [1.29, 1.82) is 0 Å². The Morgan fingerprint density at radius 2 is 2.30 bits per heavy atom. The van der Waals surface area contributed by atoms with E-state index in [2.05, 4.69) is 20.2 Å². The number of hydrogen-bond acceptors (Lipinski definition) is 6. The minimum atomic E-state index is -0.110. The van der Waals surface area contributed by atoms with Crippen LogP contribution < -0.4 is 5.73 Å². The minimum Gasteiger partial charge on any atom is -0.366 e. The summed E-state index contributed by atoms with van der Waals surface area (Å²) in [5, 5.41) is 8.27. The highest BCUT2D eigenvalue weighted by Crippen LogP contribution is 2.19. The topological polar surface area (TPSA) is 96.2 Å². The van der Waals surface area contributed by atoms with Crippen molar-refractivity contribution in [3.8, 4) is 11.3 Å². The fourth-order valence-corrected chi connectivity index (χ4v) is 1.96. The predicted octanol–water partition coefficient (Wildman–Crippen LogP) is 1.12. The van der Waals surface area contributed by atoms with Crippen molar-refractivity contribution in [2.75, 3.05) is 12.3 Å². The quantitative estimate of drug-likeness (QED) is 0.765. The van der Waals surface area contributed by atoms with E-state index in [-0.39, 0.29) is 12.2 Å². The molecule has 8 nitrogen and oxygen atoms in total. The Hall–Kier alpha value is -2.48. The van der Waals surface area contributed by atoms with Gasteiger partial charge in [-0.25, -0.2) is 14.2 Å². The summed E-state index contributed by atoms with van der Waals surface area (Å²) in [4.78, 5) is 8.43. The number of nitrogens with two attached hydrogens (primary N) is 1. The number of hydrogen-bond donors (Lipinski definition) is 1. The molecule has 1 atom stereocenters. The van der Waals surface area contributed by atoms with Gasteiger partial charge >= 0.3 is 0 Å². The van der Waals surface area contributed by atoms with E-state index in [4.69, 9.17) is 10.5 Å². The molecule has 0 spiro atoms. The third-order valence-electron chi connectivity index (χ3n) is 2.92. The molecule has 0 saturated heterocycles. The number of fused-ring (bicyclic) bond motifs is 1. The third kappa shape index (κ3) is 2.21. The van der Waals surface area contributed by atoms with Gasteiger partial charge < -0.3 is 10.5 Å². The number of ether oxygens (including phenoxy) is 1. The van der Waals surface area contributed by atoms with E-state index >= 15 is 0 Å². The van der Waals surface area contributed by atoms with Crippen LogP contribution in [0.1, 0.15) is 20.1 Å². The summed E-state index contributed by atoms with van der Waals surface area (Å²) in [6.07, 6.45) is 5.10. The van der Waals surface area contributed by atoms with E-state index in [1.807, 2.05) is 26.1 Å². The molecule has 3 aromatic rings. The maximum absolute atomic E-state index is 5.55. The Morgan fingerprint density at radius 1 is 1.45 bits per heavy atom. The van der Waals surface area contributed by atoms with Gasteiger partial charge in [0, 0.05) is 24.4 Å². The van der Waals surface area contributed by atoms with Gasteiger partial charge in [-0.05, 0) is 13.8 Å². The molecule has 0 fully saturated rings. The first-order chi connectivity index (χ1) is 9.67. The van der Waals surface area contributed by atoms with Gasteiger partial charge in [0.05, 0.1) is 11.9 Å². The smallest absolute Gasteiger partial charge is 0.240 e. The first-order valence-corrected chi connectivity index (χ1v) is 6.31. The van der Waals surface area contributed by atoms with Crippen LogP contribution in [-0.4, -0.2) is 36.0 Å². The number of nitrogens with zero attached hydrogens (tertiary/aromatic N) is 6. The summed E-state index contributed by atoms with van der Waals surface area (Å²) in [5.74, 6) is 0.226. The maximum Gasteiger partial charge on any atom is 0.240 e. The van der Waals surface area contributed by atoms with Crippen molar-refractivity contribution in [2.45, 2.75) is 20.1 Å². The van der Waals surface area contributed by atoms with E-state index in [1.165, 1.54) is 4.52 Å². The maximum atomic E-state index is 5.55. The summed E-state index contributed by atoms with van der Waals surface area (Å²) < 4.78 is 8.77. The van der Waals surface area contributed by atoms with Crippen LogP contribution in [0.5, 0.6) is 0 Å². The van der Waals surface area contributed by atoms with Crippen LogP contribution in [0.4, 0.5) is 5.95 Å². The van der Waals surface area contributed by atoms with E-state index < -0.39 is 0 Å². The summed E-state index contributed by atoms with van der Waals surface area (Å²) >= 11 is 0. The lowest BCUT2D eigenvalue weighted by atomic mass is 10.2. The van der Waals surface area contributed by atoms with Crippen LogP contribution in [0.2, 0.25) is 0 Å². The van der Waals surface area contributed by atoms with Gasteiger partial charge in [0.1, 0.15) is 12.6 Å². The average molecular weight is 273 g/mol. The van der Waals surface area contributed by atoms with Crippen molar-refractivity contribution in [2.24, 2.45) is 0 Å². The summed E-state index contributed by atoms with van der Waals surface area (Å²) in [5.41, 5.74) is 7.86. The molecule has 3 heterocycles. The van der Waals surface area contributed by atoms with Crippen LogP contribution in [0.25, 0.3) is 16.9 Å². The normalized spacial score (nSPS) is 12.9. The number of nitrogen functional groups attached to an aromatic ring is 1. The number of rotatable bonds is 4. The Balaban J connectivity index is 1.94. The standard InChI is InChI=1S/C12H15N7O/c1-3-20-8(2)18-6-9(5-15-18)10-4-11-16-12(13)17-19(11)7-14-10/h4-8H,3H2,1-2H3,(H2,13,17). The van der Waals surface area contributed by atoms with Crippen molar-refractivity contribution >= 4 is 11.6 Å². The summed E-state index contributed by atoms with van der Waals surface area (Å²) in [7, 11) is 0. The molecule has 0 amide bonds. The van der Waals surface area contributed by atoms with Crippen LogP contribution >= 0.6 is 0 Å². The van der Waals surface area contributed by atoms with Gasteiger partial charge in [-0.3, -0.25) is 0 Å². The van der Waals surface area contributed by atoms with Gasteiger partial charge in [-0.2, -0.15) is 10.1 Å². The molecule has 0 saturated carbocycles. The molecular formula is C12H15N7O. The lowest BCUT2D eigenvalue weighted by Gasteiger charge is -2.11. The molecule has 20 heavy (non-hydrogen) atoms. The van der Waals surface area contributed by atoms with Gasteiger partial charge in [-0.1, -0.05) is 0 Å². The second-order valence-electron chi connectivity index (χ2n) is 4.31. The average Bonchev–Trinajstić information content (AvgIpc) is 3.02. The number of anilines is 1. The molecule has 8 heteroatoms. The van der Waals surface area contributed by atoms with E-state index in [9.17, 15) is 0 Å². The van der Waals surface area contributed by atoms with Gasteiger partial charge in [0.15, 0.2) is 5.65 Å². The zero-order chi connectivity index (χ0) is 14.1. The lowest BCUT2D eigenvalue weighted by molar-refractivity contribution is 0.0160. The Bertz CT molecular complexity index is 732. The highest BCUT2D eigenvalue weighted by atomic mass is 16.5. The fourth-order valence-electron chi connectivity index (χ4n) is 1.96. The molecule has 0 aromatic carbocycles. The SMILES string of the molecule is CCOC(C)n1cc(-c2cc3nc(N)nn3cn2)cn1. The van der Waals surface area contributed by atoms with Crippen molar-refractivity contribution in [3.63, 3.8) is 0 Å². The Labute approximate surface area is 115 Å². The highest BCUT2D eigenvalue weighted by Gasteiger charge is 2.10. The monoisotopic (exact) mass is 273 g/mol. The van der Waals surface area contributed by atoms with Gasteiger partial charge in [0.25, 0.3) is 0 Å².